The van der Waals surface area contributed by atoms with Crippen LogP contribution in [0.3, 0.4) is 0 Å². The minimum absolute atomic E-state index is 0.156. The van der Waals surface area contributed by atoms with Gasteiger partial charge in [0.1, 0.15) is 23.9 Å². The molecule has 0 bridgehead atoms. The molecule has 2 rings (SSSR count). The maximum absolute atomic E-state index is 11.3. The molecule has 0 spiro atoms. The van der Waals surface area contributed by atoms with E-state index in [0.29, 0.717) is 17.9 Å². The molecule has 0 saturated carbocycles. The Morgan fingerprint density at radius 2 is 1.95 bits per heavy atom. The van der Waals surface area contributed by atoms with E-state index in [0.717, 1.165) is 5.56 Å². The van der Waals surface area contributed by atoms with Crippen molar-refractivity contribution < 1.29 is 4.79 Å². The van der Waals surface area contributed by atoms with E-state index in [1.807, 2.05) is 6.07 Å². The molecule has 7 nitrogen and oxygen atoms in total. The summed E-state index contributed by atoms with van der Waals surface area (Å²) in [5.74, 6) is 0. The first-order valence-electron chi connectivity index (χ1n) is 5.58. The number of carbonyl (C=O) groups excluding carboxylic acids is 1. The summed E-state index contributed by atoms with van der Waals surface area (Å²) in [5, 5.41) is 34.5. The summed E-state index contributed by atoms with van der Waals surface area (Å²) in [6.07, 6.45) is 0. The first-order valence-corrected chi connectivity index (χ1v) is 5.58. The van der Waals surface area contributed by atoms with Crippen LogP contribution in [-0.2, 0) is 6.54 Å². The summed E-state index contributed by atoms with van der Waals surface area (Å²) in [6.45, 7) is 0.367. The minimum Gasteiger partial charge on any atom is -0.343 e. The van der Waals surface area contributed by atoms with Crippen molar-refractivity contribution in [3.8, 4) is 18.2 Å². The van der Waals surface area contributed by atoms with Crippen LogP contribution >= 0.6 is 0 Å². The van der Waals surface area contributed by atoms with Crippen molar-refractivity contribution in [1.29, 1.82) is 15.8 Å². The third kappa shape index (κ3) is 2.35. The van der Waals surface area contributed by atoms with E-state index in [2.05, 4.69) is 16.0 Å². The van der Waals surface area contributed by atoms with E-state index in [-0.39, 0.29) is 17.3 Å². The van der Waals surface area contributed by atoms with Crippen LogP contribution in [0.25, 0.3) is 0 Å². The van der Waals surface area contributed by atoms with Crippen molar-refractivity contribution in [2.75, 3.05) is 10.6 Å². The van der Waals surface area contributed by atoms with Gasteiger partial charge in [0.25, 0.3) is 0 Å². The van der Waals surface area contributed by atoms with Gasteiger partial charge in [0.2, 0.25) is 0 Å². The van der Waals surface area contributed by atoms with Gasteiger partial charge >= 0.3 is 6.03 Å². The van der Waals surface area contributed by atoms with Crippen LogP contribution < -0.4 is 16.0 Å². The van der Waals surface area contributed by atoms with E-state index in [1.165, 1.54) is 0 Å². The van der Waals surface area contributed by atoms with Crippen LogP contribution in [0.15, 0.2) is 29.5 Å². The number of amides is 2. The molecular weight excluding hydrogens is 256 g/mol. The largest absolute Gasteiger partial charge is 0.343 e. The number of nitriles is 3. The van der Waals surface area contributed by atoms with Gasteiger partial charge in [-0.25, -0.2) is 4.79 Å². The number of carbonyl (C=O) groups is 1. The first-order chi connectivity index (χ1) is 9.69. The number of nitrogens with one attached hydrogen (secondary N) is 3. The molecule has 96 valence electrons. The zero-order chi connectivity index (χ0) is 14.5. The first kappa shape index (κ1) is 12.9. The minimum atomic E-state index is -0.352. The smallest absolute Gasteiger partial charge is 0.319 e. The van der Waals surface area contributed by atoms with Gasteiger partial charge in [0.05, 0.1) is 11.4 Å². The molecule has 2 amide bonds. The Morgan fingerprint density at radius 3 is 2.60 bits per heavy atom. The highest BCUT2D eigenvalue weighted by atomic mass is 16.2. The number of urea groups is 1. The van der Waals surface area contributed by atoms with Crippen LogP contribution in [0.4, 0.5) is 16.2 Å². The van der Waals surface area contributed by atoms with Crippen LogP contribution in [0.2, 0.25) is 0 Å². The van der Waals surface area contributed by atoms with Gasteiger partial charge in [-0.05, 0) is 11.6 Å². The average Bonchev–Trinajstić information content (AvgIpc) is 2.47. The zero-order valence-electron chi connectivity index (χ0n) is 10.2. The molecule has 1 aliphatic heterocycles. The molecule has 3 N–H and O–H groups in total. The Balaban J connectivity index is 2.44. The lowest BCUT2D eigenvalue weighted by molar-refractivity contribution is 0.251. The molecule has 1 aromatic carbocycles. The van der Waals surface area contributed by atoms with Gasteiger partial charge in [-0.15, -0.1) is 0 Å². The van der Waals surface area contributed by atoms with Crippen molar-refractivity contribution in [2.24, 2.45) is 0 Å². The molecule has 0 fully saturated rings. The van der Waals surface area contributed by atoms with Crippen molar-refractivity contribution in [3.05, 3.63) is 35.0 Å². The van der Waals surface area contributed by atoms with Crippen molar-refractivity contribution >= 4 is 17.4 Å². The Morgan fingerprint density at radius 1 is 1.20 bits per heavy atom. The fourth-order valence-corrected chi connectivity index (χ4v) is 1.75. The number of para-hydroxylation sites is 1. The summed E-state index contributed by atoms with van der Waals surface area (Å²) >= 11 is 0. The molecule has 1 aliphatic rings. The maximum Gasteiger partial charge on any atom is 0.319 e. The zero-order valence-corrected chi connectivity index (χ0v) is 10.2. The van der Waals surface area contributed by atoms with E-state index < -0.39 is 0 Å². The van der Waals surface area contributed by atoms with E-state index in [4.69, 9.17) is 15.8 Å². The van der Waals surface area contributed by atoms with Crippen LogP contribution in [0.5, 0.6) is 0 Å². The fraction of sp³-hybridized carbons (Fsp3) is 0.0769. The predicted octanol–water partition coefficient (Wildman–Crippen LogP) is 1.56. The molecule has 0 atom stereocenters. The van der Waals surface area contributed by atoms with Gasteiger partial charge < -0.3 is 16.0 Å². The molecule has 1 heterocycles. The summed E-state index contributed by atoms with van der Waals surface area (Å²) in [4.78, 5) is 11.3. The number of fused-ring (bicyclic) bond motifs is 1. The van der Waals surface area contributed by atoms with Crippen LogP contribution in [0.1, 0.15) is 5.56 Å². The maximum atomic E-state index is 11.3. The number of allylic oxidation sites excluding steroid dienone is 2. The quantitative estimate of drug-likeness (QED) is 0.699. The Hall–Kier alpha value is -3.50. The molecule has 0 aliphatic carbocycles. The Kier molecular flexibility index (Phi) is 3.51. The third-order valence-electron chi connectivity index (χ3n) is 2.67. The van der Waals surface area contributed by atoms with Crippen molar-refractivity contribution in [1.82, 2.24) is 5.32 Å². The highest BCUT2D eigenvalue weighted by molar-refractivity contribution is 5.96. The molecule has 20 heavy (non-hydrogen) atoms. The number of rotatable bonds is 2. The average molecular weight is 264 g/mol. The van der Waals surface area contributed by atoms with E-state index in [1.54, 1.807) is 30.3 Å². The number of anilines is 2. The van der Waals surface area contributed by atoms with Gasteiger partial charge in [0.15, 0.2) is 5.57 Å². The third-order valence-corrected chi connectivity index (χ3v) is 2.67. The topological polar surface area (TPSA) is 125 Å². The Labute approximate surface area is 114 Å². The summed E-state index contributed by atoms with van der Waals surface area (Å²) in [5.41, 5.74) is 1.35. The number of nitrogens with zero attached hydrogens (tertiary/aromatic N) is 3. The second kappa shape index (κ2) is 5.43. The summed E-state index contributed by atoms with van der Waals surface area (Å²) in [7, 11) is 0. The molecule has 0 saturated heterocycles. The lowest BCUT2D eigenvalue weighted by atomic mass is 10.1. The van der Waals surface area contributed by atoms with Crippen molar-refractivity contribution in [2.45, 2.75) is 6.54 Å². The molecule has 0 radical (unpaired) electrons. The number of hydrogen-bond donors (Lipinski definition) is 3. The van der Waals surface area contributed by atoms with E-state index >= 15 is 0 Å². The number of benzene rings is 1. The second-order valence-corrected chi connectivity index (χ2v) is 3.86. The monoisotopic (exact) mass is 264 g/mol. The van der Waals surface area contributed by atoms with Crippen LogP contribution in [-0.4, -0.2) is 6.03 Å². The lowest BCUT2D eigenvalue weighted by Gasteiger charge is -2.21. The highest BCUT2D eigenvalue weighted by Crippen LogP contribution is 2.29. The van der Waals surface area contributed by atoms with Gasteiger partial charge in [-0.1, -0.05) is 12.1 Å². The molecule has 0 unspecified atom stereocenters. The van der Waals surface area contributed by atoms with Crippen LogP contribution in [0, 0.1) is 34.0 Å². The van der Waals surface area contributed by atoms with E-state index in [9.17, 15) is 4.79 Å². The molecular formula is C13H8N6O. The van der Waals surface area contributed by atoms with Gasteiger partial charge in [-0.3, -0.25) is 0 Å². The predicted molar refractivity (Wildman–Crippen MR) is 69.8 cm³/mol. The molecule has 7 heteroatoms. The number of hydrogen-bond acceptors (Lipinski definition) is 5. The standard InChI is InChI=1S/C13H8N6O/c14-4-9(5-15)11(6-16)18-10-3-1-2-8-7-17-13(20)19-12(8)10/h1-3,18H,7H2,(H2,17,19,20). The SMILES string of the molecule is N#CC(C#N)=C(C#N)Nc1cccc2c1NC(=O)NC2. The fourth-order valence-electron chi connectivity index (χ4n) is 1.75. The molecule has 1 aromatic rings. The Bertz CT molecular complexity index is 713. The lowest BCUT2D eigenvalue weighted by Crippen LogP contribution is -2.33. The van der Waals surface area contributed by atoms with Gasteiger partial charge in [0, 0.05) is 6.54 Å². The van der Waals surface area contributed by atoms with Crippen molar-refractivity contribution in [3.63, 3.8) is 0 Å². The molecule has 0 aromatic heterocycles. The normalized spacial score (nSPS) is 11.6. The second-order valence-electron chi connectivity index (χ2n) is 3.86. The summed E-state index contributed by atoms with van der Waals surface area (Å²) in [6, 6.07) is 9.91. The van der Waals surface area contributed by atoms with Gasteiger partial charge in [-0.2, -0.15) is 15.8 Å². The highest BCUT2D eigenvalue weighted by Gasteiger charge is 2.18. The summed E-state index contributed by atoms with van der Waals surface area (Å²) < 4.78 is 0.